The third kappa shape index (κ3) is 13.9. The van der Waals surface area contributed by atoms with E-state index in [1.165, 1.54) is 0 Å². The lowest BCUT2D eigenvalue weighted by atomic mass is 10.2. The first-order valence-electron chi connectivity index (χ1n) is 7.01. The lowest BCUT2D eigenvalue weighted by Gasteiger charge is -2.06. The van der Waals surface area contributed by atoms with Gasteiger partial charge in [0, 0.05) is 25.7 Å². The van der Waals surface area contributed by atoms with Crippen LogP contribution in [0.15, 0.2) is 10.6 Å². The Balaban J connectivity index is 3.62. The molecule has 0 atom stereocenters. The van der Waals surface area contributed by atoms with E-state index in [-0.39, 0.29) is 17.6 Å². The summed E-state index contributed by atoms with van der Waals surface area (Å²) in [5.41, 5.74) is 0. The summed E-state index contributed by atoms with van der Waals surface area (Å²) in [7, 11) is 0. The Bertz CT molecular complexity index is 395. The van der Waals surface area contributed by atoms with Crippen LogP contribution >= 0.6 is 23.2 Å². The van der Waals surface area contributed by atoms with Gasteiger partial charge in [-0.25, -0.2) is 0 Å². The molecule has 0 heterocycles. The van der Waals surface area contributed by atoms with E-state index in [2.05, 4.69) is 12.2 Å². The van der Waals surface area contributed by atoms with Gasteiger partial charge in [0.25, 0.3) is 0 Å². The standard InChI is InChI=1S/C14H21Cl2NO5/c1-2-3-5-21-6-4-7-22-14(20)10-17-13(19)9-11(18)8-12(15)16/h8H,2-7,9-10H2,1H3,(H,17,19). The second-order valence-corrected chi connectivity index (χ2v) is 5.40. The van der Waals surface area contributed by atoms with E-state index in [1.807, 2.05) is 0 Å². The zero-order valence-electron chi connectivity index (χ0n) is 12.5. The van der Waals surface area contributed by atoms with Crippen LogP contribution in [0.5, 0.6) is 0 Å². The molecule has 0 rings (SSSR count). The van der Waals surface area contributed by atoms with E-state index in [9.17, 15) is 14.4 Å². The topological polar surface area (TPSA) is 81.7 Å². The number of halogens is 2. The Kier molecular flexibility index (Phi) is 12.9. The number of carbonyl (C=O) groups is 3. The van der Waals surface area contributed by atoms with Crippen LogP contribution in [0.1, 0.15) is 32.6 Å². The van der Waals surface area contributed by atoms with Crippen molar-refractivity contribution in [1.82, 2.24) is 5.32 Å². The van der Waals surface area contributed by atoms with Crippen LogP contribution in [0.2, 0.25) is 0 Å². The summed E-state index contributed by atoms with van der Waals surface area (Å²) >= 11 is 10.6. The molecule has 0 aliphatic carbocycles. The van der Waals surface area contributed by atoms with Crippen molar-refractivity contribution in [3.8, 4) is 0 Å². The van der Waals surface area contributed by atoms with Crippen LogP contribution in [-0.2, 0) is 23.9 Å². The number of amides is 1. The van der Waals surface area contributed by atoms with Crippen molar-refractivity contribution < 1.29 is 23.9 Å². The van der Waals surface area contributed by atoms with Crippen LogP contribution < -0.4 is 5.32 Å². The molecule has 1 amide bonds. The van der Waals surface area contributed by atoms with Crippen molar-refractivity contribution in [3.63, 3.8) is 0 Å². The molecule has 0 aromatic heterocycles. The molecule has 1 N–H and O–H groups in total. The smallest absolute Gasteiger partial charge is 0.325 e. The summed E-state index contributed by atoms with van der Waals surface area (Å²) in [4.78, 5) is 33.9. The fraction of sp³-hybridized carbons (Fsp3) is 0.643. The summed E-state index contributed by atoms with van der Waals surface area (Å²) in [5.74, 6) is -1.72. The average Bonchev–Trinajstić information content (AvgIpc) is 2.43. The largest absolute Gasteiger partial charge is 0.464 e. The summed E-state index contributed by atoms with van der Waals surface area (Å²) < 4.78 is 9.98. The number of unbranched alkanes of at least 4 members (excludes halogenated alkanes) is 1. The quantitative estimate of drug-likeness (QED) is 0.251. The Morgan fingerprint density at radius 3 is 2.41 bits per heavy atom. The minimum atomic E-state index is -0.601. The molecule has 126 valence electrons. The zero-order valence-corrected chi connectivity index (χ0v) is 14.0. The van der Waals surface area contributed by atoms with E-state index in [0.29, 0.717) is 19.6 Å². The molecule has 0 aliphatic rings. The van der Waals surface area contributed by atoms with Crippen LogP contribution in [0.25, 0.3) is 0 Å². The first-order chi connectivity index (χ1) is 10.5. The number of nitrogens with one attached hydrogen (secondary N) is 1. The van der Waals surface area contributed by atoms with E-state index >= 15 is 0 Å². The number of hydrogen-bond donors (Lipinski definition) is 1. The van der Waals surface area contributed by atoms with Crippen molar-refractivity contribution in [2.75, 3.05) is 26.4 Å². The maximum absolute atomic E-state index is 11.3. The second-order valence-electron chi connectivity index (χ2n) is 4.39. The highest BCUT2D eigenvalue weighted by Crippen LogP contribution is 2.06. The monoisotopic (exact) mass is 353 g/mol. The normalized spacial score (nSPS) is 9.95. The number of carbonyl (C=O) groups excluding carboxylic acids is 3. The van der Waals surface area contributed by atoms with Crippen molar-refractivity contribution in [2.24, 2.45) is 0 Å². The molecule has 0 spiro atoms. The maximum atomic E-state index is 11.3. The van der Waals surface area contributed by atoms with Gasteiger partial charge in [-0.1, -0.05) is 36.5 Å². The number of allylic oxidation sites excluding steroid dienone is 1. The fourth-order valence-electron chi connectivity index (χ4n) is 1.31. The second kappa shape index (κ2) is 13.5. The van der Waals surface area contributed by atoms with Crippen LogP contribution in [0.4, 0.5) is 0 Å². The summed E-state index contributed by atoms with van der Waals surface area (Å²) in [6, 6.07) is 0. The van der Waals surface area contributed by atoms with Crippen LogP contribution in [-0.4, -0.2) is 44.0 Å². The molecule has 0 aliphatic heterocycles. The van der Waals surface area contributed by atoms with Crippen molar-refractivity contribution in [2.45, 2.75) is 32.6 Å². The number of ketones is 1. The number of ether oxygens (including phenoxy) is 2. The molecule has 0 radical (unpaired) electrons. The number of rotatable bonds is 12. The molecular formula is C14H21Cl2NO5. The number of esters is 1. The summed E-state index contributed by atoms with van der Waals surface area (Å²) in [5, 5.41) is 2.27. The minimum Gasteiger partial charge on any atom is -0.464 e. The third-order valence-electron chi connectivity index (χ3n) is 2.37. The van der Waals surface area contributed by atoms with Crippen molar-refractivity contribution in [3.05, 3.63) is 10.6 Å². The fourth-order valence-corrected chi connectivity index (χ4v) is 1.55. The van der Waals surface area contributed by atoms with Gasteiger partial charge in [0.15, 0.2) is 5.78 Å². The van der Waals surface area contributed by atoms with E-state index in [1.54, 1.807) is 0 Å². The van der Waals surface area contributed by atoms with Gasteiger partial charge in [-0.2, -0.15) is 0 Å². The molecule has 0 unspecified atom stereocenters. The van der Waals surface area contributed by atoms with Gasteiger partial charge >= 0.3 is 5.97 Å². The first-order valence-corrected chi connectivity index (χ1v) is 7.77. The Morgan fingerprint density at radius 1 is 1.09 bits per heavy atom. The van der Waals surface area contributed by atoms with Gasteiger partial charge in [0.1, 0.15) is 11.0 Å². The Morgan fingerprint density at radius 2 is 1.77 bits per heavy atom. The molecule has 8 heteroatoms. The van der Waals surface area contributed by atoms with Crippen LogP contribution in [0, 0.1) is 0 Å². The molecular weight excluding hydrogens is 333 g/mol. The highest BCUT2D eigenvalue weighted by Gasteiger charge is 2.10. The lowest BCUT2D eigenvalue weighted by molar-refractivity contribution is -0.144. The molecule has 0 aromatic carbocycles. The average molecular weight is 354 g/mol. The Hall–Kier alpha value is -1.11. The first kappa shape index (κ1) is 20.9. The van der Waals surface area contributed by atoms with Gasteiger partial charge < -0.3 is 14.8 Å². The van der Waals surface area contributed by atoms with E-state index in [4.69, 9.17) is 32.7 Å². The zero-order chi connectivity index (χ0) is 16.8. The minimum absolute atomic E-state index is 0.224. The van der Waals surface area contributed by atoms with Crippen LogP contribution in [0.3, 0.4) is 0 Å². The van der Waals surface area contributed by atoms with Gasteiger partial charge in [0.05, 0.1) is 13.0 Å². The van der Waals surface area contributed by atoms with Gasteiger partial charge in [-0.05, 0) is 6.42 Å². The van der Waals surface area contributed by atoms with Gasteiger partial charge in [-0.3, -0.25) is 14.4 Å². The summed E-state index contributed by atoms with van der Waals surface area (Å²) in [6.45, 7) is 3.24. The third-order valence-corrected chi connectivity index (χ3v) is 2.59. The highest BCUT2D eigenvalue weighted by atomic mass is 35.5. The number of hydrogen-bond acceptors (Lipinski definition) is 5. The molecule has 0 bridgehead atoms. The van der Waals surface area contributed by atoms with Crippen molar-refractivity contribution in [1.29, 1.82) is 0 Å². The predicted molar refractivity (Wildman–Crippen MR) is 83.7 cm³/mol. The van der Waals surface area contributed by atoms with Gasteiger partial charge in [0.2, 0.25) is 5.91 Å². The summed E-state index contributed by atoms with van der Waals surface area (Å²) in [6.07, 6.45) is 3.18. The molecule has 0 aromatic rings. The van der Waals surface area contributed by atoms with E-state index < -0.39 is 24.1 Å². The maximum Gasteiger partial charge on any atom is 0.325 e. The molecule has 0 saturated carbocycles. The van der Waals surface area contributed by atoms with Gasteiger partial charge in [-0.15, -0.1) is 0 Å². The van der Waals surface area contributed by atoms with Crippen molar-refractivity contribution >= 4 is 40.9 Å². The lowest BCUT2D eigenvalue weighted by Crippen LogP contribution is -2.31. The highest BCUT2D eigenvalue weighted by molar-refractivity contribution is 6.56. The molecule has 6 nitrogen and oxygen atoms in total. The molecule has 0 saturated heterocycles. The SMILES string of the molecule is CCCCOCCCOC(=O)CNC(=O)CC(=O)C=C(Cl)Cl. The van der Waals surface area contributed by atoms with E-state index in [0.717, 1.165) is 18.9 Å². The Labute approximate surface area is 140 Å². The molecule has 0 fully saturated rings. The predicted octanol–water partition coefficient (Wildman–Crippen LogP) is 2.13. The molecule has 22 heavy (non-hydrogen) atoms.